The summed E-state index contributed by atoms with van der Waals surface area (Å²) in [6.07, 6.45) is 6.38. The fourth-order valence-corrected chi connectivity index (χ4v) is 1.70. The second-order valence-corrected chi connectivity index (χ2v) is 3.83. The summed E-state index contributed by atoms with van der Waals surface area (Å²) in [5, 5.41) is 0. The van der Waals surface area contributed by atoms with Gasteiger partial charge in [0, 0.05) is 0 Å². The van der Waals surface area contributed by atoms with Gasteiger partial charge in [0.25, 0.3) is 0 Å². The SMILES string of the molecule is C=C(C)/C(F)=C\C(=C)C1CCCC1.CC. The number of allylic oxidation sites excluding steroid dienone is 4. The number of halogens is 1. The summed E-state index contributed by atoms with van der Waals surface area (Å²) in [5.74, 6) is 0.280. The van der Waals surface area contributed by atoms with Crippen molar-refractivity contribution >= 4 is 0 Å². The summed E-state index contributed by atoms with van der Waals surface area (Å²) in [4.78, 5) is 0. The Bertz CT molecular complexity index is 242. The molecule has 1 aliphatic rings. The second kappa shape index (κ2) is 7.44. The molecule has 1 heteroatoms. The standard InChI is InChI=1S/C12H17F.C2H6/c1-9(2)12(13)8-10(3)11-6-4-5-7-11;1-2/h8,11H,1,3-7H2,2H3;1-2H3/b12-8+;. The van der Waals surface area contributed by atoms with Crippen molar-refractivity contribution in [3.63, 3.8) is 0 Å². The lowest BCUT2D eigenvalue weighted by Crippen LogP contribution is -1.94. The minimum Gasteiger partial charge on any atom is -0.207 e. The Morgan fingerprint density at radius 3 is 2.07 bits per heavy atom. The molecule has 86 valence electrons. The van der Waals surface area contributed by atoms with Gasteiger partial charge in [-0.15, -0.1) is 0 Å². The predicted octanol–water partition coefficient (Wildman–Crippen LogP) is 5.19. The summed E-state index contributed by atoms with van der Waals surface area (Å²) in [5.41, 5.74) is 1.41. The highest BCUT2D eigenvalue weighted by Crippen LogP contribution is 2.31. The molecule has 0 heterocycles. The van der Waals surface area contributed by atoms with Crippen LogP contribution in [0.5, 0.6) is 0 Å². The van der Waals surface area contributed by atoms with E-state index in [0.29, 0.717) is 11.5 Å². The Labute approximate surface area is 93.6 Å². The summed E-state index contributed by atoms with van der Waals surface area (Å²) >= 11 is 0. The molecule has 0 aromatic carbocycles. The summed E-state index contributed by atoms with van der Waals surface area (Å²) in [7, 11) is 0. The van der Waals surface area contributed by atoms with Crippen LogP contribution in [0.2, 0.25) is 0 Å². The van der Waals surface area contributed by atoms with Crippen LogP contribution in [-0.4, -0.2) is 0 Å². The van der Waals surface area contributed by atoms with E-state index in [1.807, 2.05) is 13.8 Å². The number of hydrogen-bond acceptors (Lipinski definition) is 0. The van der Waals surface area contributed by atoms with E-state index < -0.39 is 0 Å². The maximum atomic E-state index is 13.1. The van der Waals surface area contributed by atoms with Crippen LogP contribution in [0.25, 0.3) is 0 Å². The van der Waals surface area contributed by atoms with Gasteiger partial charge in [-0.25, -0.2) is 4.39 Å². The zero-order chi connectivity index (χ0) is 11.8. The molecule has 0 amide bonds. The highest BCUT2D eigenvalue weighted by atomic mass is 19.1. The average Bonchev–Trinajstić information content (AvgIpc) is 2.73. The van der Waals surface area contributed by atoms with Gasteiger partial charge in [-0.1, -0.05) is 39.8 Å². The van der Waals surface area contributed by atoms with Gasteiger partial charge < -0.3 is 0 Å². The normalized spacial score (nSPS) is 16.9. The van der Waals surface area contributed by atoms with Crippen molar-refractivity contribution in [1.29, 1.82) is 0 Å². The molecule has 0 bridgehead atoms. The van der Waals surface area contributed by atoms with Crippen LogP contribution in [0.3, 0.4) is 0 Å². The monoisotopic (exact) mass is 210 g/mol. The molecule has 1 saturated carbocycles. The third-order valence-electron chi connectivity index (χ3n) is 2.60. The van der Waals surface area contributed by atoms with Gasteiger partial charge in [0.15, 0.2) is 0 Å². The van der Waals surface area contributed by atoms with Crippen molar-refractivity contribution < 1.29 is 4.39 Å². The largest absolute Gasteiger partial charge is 0.207 e. The first-order valence-corrected chi connectivity index (χ1v) is 5.83. The smallest absolute Gasteiger partial charge is 0.125 e. The number of hydrogen-bond donors (Lipinski definition) is 0. The first kappa shape index (κ1) is 14.2. The summed E-state index contributed by atoms with van der Waals surface area (Å²) in [6.45, 7) is 13.1. The van der Waals surface area contributed by atoms with E-state index in [2.05, 4.69) is 13.2 Å². The van der Waals surface area contributed by atoms with Gasteiger partial charge in [-0.2, -0.15) is 0 Å². The topological polar surface area (TPSA) is 0 Å². The molecule has 15 heavy (non-hydrogen) atoms. The number of rotatable bonds is 3. The van der Waals surface area contributed by atoms with Crippen molar-refractivity contribution in [3.8, 4) is 0 Å². The van der Waals surface area contributed by atoms with Gasteiger partial charge in [0.1, 0.15) is 5.83 Å². The molecule has 0 N–H and O–H groups in total. The van der Waals surface area contributed by atoms with Crippen LogP contribution in [0, 0.1) is 5.92 Å². The molecular weight excluding hydrogens is 187 g/mol. The average molecular weight is 210 g/mol. The lowest BCUT2D eigenvalue weighted by Gasteiger charge is -2.08. The molecule has 1 rings (SSSR count). The van der Waals surface area contributed by atoms with Gasteiger partial charge in [0.05, 0.1) is 0 Å². The van der Waals surface area contributed by atoms with E-state index in [1.54, 1.807) is 13.0 Å². The van der Waals surface area contributed by atoms with Gasteiger partial charge in [0.2, 0.25) is 0 Å². The fraction of sp³-hybridized carbons (Fsp3) is 0.571. The third kappa shape index (κ3) is 4.96. The minimum atomic E-state index is -0.225. The van der Waals surface area contributed by atoms with E-state index in [-0.39, 0.29) is 5.83 Å². The summed E-state index contributed by atoms with van der Waals surface area (Å²) < 4.78 is 13.1. The molecule has 1 fully saturated rings. The third-order valence-corrected chi connectivity index (χ3v) is 2.60. The van der Waals surface area contributed by atoms with E-state index in [0.717, 1.165) is 5.57 Å². The Morgan fingerprint density at radius 1 is 1.20 bits per heavy atom. The molecule has 0 aliphatic heterocycles. The molecule has 0 aromatic heterocycles. The van der Waals surface area contributed by atoms with Gasteiger partial charge >= 0.3 is 0 Å². The van der Waals surface area contributed by atoms with Crippen molar-refractivity contribution in [1.82, 2.24) is 0 Å². The first-order valence-electron chi connectivity index (χ1n) is 5.83. The van der Waals surface area contributed by atoms with E-state index in [1.165, 1.54) is 25.7 Å². The molecule has 0 atom stereocenters. The Morgan fingerprint density at radius 2 is 1.67 bits per heavy atom. The summed E-state index contributed by atoms with van der Waals surface area (Å²) in [6, 6.07) is 0. The molecule has 0 unspecified atom stereocenters. The van der Waals surface area contributed by atoms with E-state index >= 15 is 0 Å². The van der Waals surface area contributed by atoms with Gasteiger partial charge in [-0.3, -0.25) is 0 Å². The van der Waals surface area contributed by atoms with Crippen LogP contribution in [0.15, 0.2) is 36.2 Å². The second-order valence-electron chi connectivity index (χ2n) is 3.83. The molecule has 0 saturated heterocycles. The minimum absolute atomic E-state index is 0.225. The highest BCUT2D eigenvalue weighted by molar-refractivity contribution is 5.30. The Kier molecular flexibility index (Phi) is 7.02. The van der Waals surface area contributed by atoms with Crippen molar-refractivity contribution in [2.24, 2.45) is 5.92 Å². The zero-order valence-corrected chi connectivity index (χ0v) is 10.3. The van der Waals surface area contributed by atoms with Crippen molar-refractivity contribution in [3.05, 3.63) is 36.2 Å². The Hall–Kier alpha value is -0.850. The molecule has 1 aliphatic carbocycles. The fourth-order valence-electron chi connectivity index (χ4n) is 1.70. The lowest BCUT2D eigenvalue weighted by molar-refractivity contribution is 0.628. The maximum Gasteiger partial charge on any atom is 0.125 e. The highest BCUT2D eigenvalue weighted by Gasteiger charge is 2.16. The molecule has 0 radical (unpaired) electrons. The quantitative estimate of drug-likeness (QED) is 0.562. The first-order chi connectivity index (χ1) is 7.11. The predicted molar refractivity (Wildman–Crippen MR) is 66.5 cm³/mol. The molecule has 0 spiro atoms. The van der Waals surface area contributed by atoms with E-state index in [4.69, 9.17) is 0 Å². The molecular formula is C14H23F. The lowest BCUT2D eigenvalue weighted by atomic mass is 9.98. The van der Waals surface area contributed by atoms with Crippen LogP contribution in [-0.2, 0) is 0 Å². The van der Waals surface area contributed by atoms with Crippen molar-refractivity contribution in [2.75, 3.05) is 0 Å². The maximum absolute atomic E-state index is 13.1. The van der Waals surface area contributed by atoms with Crippen LogP contribution < -0.4 is 0 Å². The van der Waals surface area contributed by atoms with Crippen LogP contribution in [0.4, 0.5) is 4.39 Å². The van der Waals surface area contributed by atoms with Crippen molar-refractivity contribution in [2.45, 2.75) is 46.5 Å². The van der Waals surface area contributed by atoms with Crippen LogP contribution >= 0.6 is 0 Å². The van der Waals surface area contributed by atoms with E-state index in [9.17, 15) is 4.39 Å². The molecule has 0 aromatic rings. The zero-order valence-electron chi connectivity index (χ0n) is 10.3. The Balaban J connectivity index is 0.000000921. The molecule has 0 nitrogen and oxygen atoms in total. The van der Waals surface area contributed by atoms with Gasteiger partial charge in [-0.05, 0) is 42.9 Å². The van der Waals surface area contributed by atoms with Crippen LogP contribution in [0.1, 0.15) is 46.5 Å².